The van der Waals surface area contributed by atoms with Crippen molar-refractivity contribution in [2.45, 2.75) is 19.4 Å². The second-order valence-electron chi connectivity index (χ2n) is 4.33. The molecule has 1 aromatic rings. The van der Waals surface area contributed by atoms with Gasteiger partial charge in [0, 0.05) is 16.7 Å². The van der Waals surface area contributed by atoms with E-state index in [1.165, 1.54) is 24.3 Å². The summed E-state index contributed by atoms with van der Waals surface area (Å²) < 4.78 is 4.70. The Labute approximate surface area is 133 Å². The van der Waals surface area contributed by atoms with E-state index in [-0.39, 0.29) is 13.0 Å². The highest BCUT2D eigenvalue weighted by atomic mass is 35.5. The molecule has 0 saturated heterocycles. The number of hydrogen-bond donors (Lipinski definition) is 2. The van der Waals surface area contributed by atoms with E-state index in [1.54, 1.807) is 19.1 Å². The zero-order valence-electron chi connectivity index (χ0n) is 12.0. The topological polar surface area (TPSA) is 98.5 Å². The summed E-state index contributed by atoms with van der Waals surface area (Å²) in [7, 11) is 0. The minimum absolute atomic E-state index is 0.0908. The first-order chi connectivity index (χ1) is 10.4. The van der Waals surface area contributed by atoms with Crippen molar-refractivity contribution in [3.05, 3.63) is 47.0 Å². The molecule has 1 aromatic carbocycles. The lowest BCUT2D eigenvalue weighted by Gasteiger charge is -2.13. The fourth-order valence-electron chi connectivity index (χ4n) is 1.58. The van der Waals surface area contributed by atoms with E-state index in [0.717, 1.165) is 0 Å². The van der Waals surface area contributed by atoms with Crippen molar-refractivity contribution in [3.8, 4) is 0 Å². The molecule has 0 bridgehead atoms. The van der Waals surface area contributed by atoms with Crippen LogP contribution in [0.5, 0.6) is 0 Å². The highest BCUT2D eigenvalue weighted by molar-refractivity contribution is 6.30. The largest absolute Gasteiger partial charge is 0.463 e. The third kappa shape index (κ3) is 5.97. The first-order valence-electron chi connectivity index (χ1n) is 6.63. The maximum absolute atomic E-state index is 12.0. The summed E-state index contributed by atoms with van der Waals surface area (Å²) >= 11 is 5.74. The first kappa shape index (κ1) is 17.7. The normalized spacial score (nSPS) is 11.9. The number of nitrogens with one attached hydrogen (secondary N) is 1. The van der Waals surface area contributed by atoms with Gasteiger partial charge in [0.2, 0.25) is 5.91 Å². The van der Waals surface area contributed by atoms with Crippen LogP contribution in [0, 0.1) is 0 Å². The second kappa shape index (κ2) is 8.84. The number of ether oxygens (including phenoxy) is 1. The Bertz CT molecular complexity index is 569. The van der Waals surface area contributed by atoms with E-state index in [9.17, 15) is 14.4 Å². The smallest absolute Gasteiger partial charge is 0.330 e. The minimum atomic E-state index is -0.922. The number of carbonyl (C=O) groups is 3. The van der Waals surface area contributed by atoms with Crippen LogP contribution in [0.2, 0.25) is 5.02 Å². The molecule has 0 aliphatic heterocycles. The van der Waals surface area contributed by atoms with Crippen LogP contribution in [-0.2, 0) is 14.3 Å². The Morgan fingerprint density at radius 1 is 1.32 bits per heavy atom. The van der Waals surface area contributed by atoms with Crippen molar-refractivity contribution in [2.24, 2.45) is 5.73 Å². The lowest BCUT2D eigenvalue weighted by Crippen LogP contribution is -2.44. The summed E-state index contributed by atoms with van der Waals surface area (Å²) in [6.45, 7) is 1.94. The molecule has 0 radical (unpaired) electrons. The van der Waals surface area contributed by atoms with Gasteiger partial charge >= 0.3 is 5.97 Å². The van der Waals surface area contributed by atoms with Gasteiger partial charge < -0.3 is 15.8 Å². The minimum Gasteiger partial charge on any atom is -0.463 e. The molecule has 22 heavy (non-hydrogen) atoms. The molecule has 0 spiro atoms. The zero-order chi connectivity index (χ0) is 16.5. The van der Waals surface area contributed by atoms with Gasteiger partial charge in [-0.2, -0.15) is 0 Å². The van der Waals surface area contributed by atoms with Crippen LogP contribution in [-0.4, -0.2) is 30.4 Å². The van der Waals surface area contributed by atoms with Crippen molar-refractivity contribution in [1.82, 2.24) is 5.32 Å². The molecule has 0 unspecified atom stereocenters. The molecule has 0 aromatic heterocycles. The van der Waals surface area contributed by atoms with E-state index in [4.69, 9.17) is 22.1 Å². The summed E-state index contributed by atoms with van der Waals surface area (Å²) in [5.74, 6) is -1.67. The van der Waals surface area contributed by atoms with Gasteiger partial charge in [-0.1, -0.05) is 17.7 Å². The van der Waals surface area contributed by atoms with E-state index < -0.39 is 23.8 Å². The number of esters is 1. The Morgan fingerprint density at radius 3 is 2.50 bits per heavy atom. The summed E-state index contributed by atoms with van der Waals surface area (Å²) in [4.78, 5) is 34.5. The van der Waals surface area contributed by atoms with Crippen LogP contribution < -0.4 is 11.1 Å². The highest BCUT2D eigenvalue weighted by Crippen LogP contribution is 2.09. The van der Waals surface area contributed by atoms with Crippen molar-refractivity contribution >= 4 is 29.4 Å². The molecular weight excluding hydrogens is 308 g/mol. The van der Waals surface area contributed by atoms with Gasteiger partial charge in [0.1, 0.15) is 6.04 Å². The molecule has 0 aliphatic carbocycles. The SMILES string of the molecule is CCOC(=O)/C=C/C[C@H](NC(=O)c1ccc(Cl)cc1)C(N)=O. The maximum atomic E-state index is 12.0. The van der Waals surface area contributed by atoms with Gasteiger partial charge in [-0.15, -0.1) is 0 Å². The van der Waals surface area contributed by atoms with E-state index >= 15 is 0 Å². The molecule has 118 valence electrons. The average molecular weight is 325 g/mol. The summed E-state index contributed by atoms with van der Waals surface area (Å²) in [6, 6.07) is 5.27. The first-order valence-corrected chi connectivity index (χ1v) is 7.01. The molecule has 6 nitrogen and oxygen atoms in total. The summed E-state index contributed by atoms with van der Waals surface area (Å²) in [6.07, 6.45) is 2.71. The van der Waals surface area contributed by atoms with Gasteiger partial charge in [-0.25, -0.2) is 4.79 Å². The molecule has 1 rings (SSSR count). The van der Waals surface area contributed by atoms with Crippen molar-refractivity contribution in [2.75, 3.05) is 6.61 Å². The van der Waals surface area contributed by atoms with E-state index in [0.29, 0.717) is 10.6 Å². The number of nitrogens with two attached hydrogens (primary N) is 1. The number of amides is 2. The van der Waals surface area contributed by atoms with Gasteiger partial charge in [0.25, 0.3) is 5.91 Å². The lowest BCUT2D eigenvalue weighted by molar-refractivity contribution is -0.137. The fourth-order valence-corrected chi connectivity index (χ4v) is 1.71. The highest BCUT2D eigenvalue weighted by Gasteiger charge is 2.17. The van der Waals surface area contributed by atoms with Gasteiger partial charge in [-0.05, 0) is 37.6 Å². The zero-order valence-corrected chi connectivity index (χ0v) is 12.8. The average Bonchev–Trinajstić information content (AvgIpc) is 2.46. The van der Waals surface area contributed by atoms with E-state index in [2.05, 4.69) is 5.32 Å². The third-order valence-electron chi connectivity index (χ3n) is 2.67. The molecule has 3 N–H and O–H groups in total. The second-order valence-corrected chi connectivity index (χ2v) is 4.76. The molecule has 0 fully saturated rings. The van der Waals surface area contributed by atoms with Crippen molar-refractivity contribution < 1.29 is 19.1 Å². The van der Waals surface area contributed by atoms with Gasteiger partial charge in [0.15, 0.2) is 0 Å². The predicted octanol–water partition coefficient (Wildman–Crippen LogP) is 1.43. The predicted molar refractivity (Wildman–Crippen MR) is 82.3 cm³/mol. The number of rotatable bonds is 7. The Morgan fingerprint density at radius 2 is 1.95 bits per heavy atom. The summed E-state index contributed by atoms with van der Waals surface area (Å²) in [5.41, 5.74) is 5.59. The van der Waals surface area contributed by atoms with Crippen molar-refractivity contribution in [1.29, 1.82) is 0 Å². The standard InChI is InChI=1S/C15H17ClN2O4/c1-2-22-13(19)5-3-4-12(14(17)20)18-15(21)10-6-8-11(16)9-7-10/h3,5-9,12H,2,4H2,1H3,(H2,17,20)(H,18,21)/b5-3+/t12-/m0/s1. The van der Waals surface area contributed by atoms with Crippen LogP contribution in [0.3, 0.4) is 0 Å². The fraction of sp³-hybridized carbons (Fsp3) is 0.267. The van der Waals surface area contributed by atoms with Gasteiger partial charge in [0.05, 0.1) is 6.61 Å². The molecule has 7 heteroatoms. The third-order valence-corrected chi connectivity index (χ3v) is 2.92. The number of hydrogen-bond acceptors (Lipinski definition) is 4. The van der Waals surface area contributed by atoms with Crippen LogP contribution in [0.15, 0.2) is 36.4 Å². The van der Waals surface area contributed by atoms with E-state index in [1.807, 2.05) is 0 Å². The lowest BCUT2D eigenvalue weighted by atomic mass is 10.1. The Kier molecular flexibility index (Phi) is 7.12. The molecule has 0 heterocycles. The number of primary amides is 1. The maximum Gasteiger partial charge on any atom is 0.330 e. The molecule has 0 aliphatic rings. The monoisotopic (exact) mass is 324 g/mol. The quantitative estimate of drug-likeness (QED) is 0.585. The number of halogens is 1. The molecular formula is C15H17ClN2O4. The number of carbonyl (C=O) groups excluding carboxylic acids is 3. The Hall–Kier alpha value is -2.34. The molecule has 0 saturated carbocycles. The van der Waals surface area contributed by atoms with Crippen LogP contribution in [0.1, 0.15) is 23.7 Å². The number of benzene rings is 1. The Balaban J connectivity index is 2.64. The van der Waals surface area contributed by atoms with Gasteiger partial charge in [-0.3, -0.25) is 9.59 Å². The van der Waals surface area contributed by atoms with Crippen LogP contribution in [0.4, 0.5) is 0 Å². The van der Waals surface area contributed by atoms with Crippen LogP contribution in [0.25, 0.3) is 0 Å². The summed E-state index contributed by atoms with van der Waals surface area (Å²) in [5, 5.41) is 3.00. The molecule has 2 amide bonds. The molecule has 1 atom stereocenters. The van der Waals surface area contributed by atoms with Crippen molar-refractivity contribution in [3.63, 3.8) is 0 Å². The van der Waals surface area contributed by atoms with Crippen LogP contribution >= 0.6 is 11.6 Å².